The second-order valence-corrected chi connectivity index (χ2v) is 4.38. The SMILES string of the molecule is CC/C=C/C1CCC(/C=C/CC(=O)OC)C1. The minimum Gasteiger partial charge on any atom is -0.469 e. The molecule has 2 heteroatoms. The number of methoxy groups -OCH3 is 1. The average molecular weight is 222 g/mol. The van der Waals surface area contributed by atoms with Crippen LogP contribution in [0.2, 0.25) is 0 Å². The molecule has 0 bridgehead atoms. The van der Waals surface area contributed by atoms with E-state index in [1.54, 1.807) is 0 Å². The minimum atomic E-state index is -0.156. The summed E-state index contributed by atoms with van der Waals surface area (Å²) >= 11 is 0. The Balaban J connectivity index is 2.25. The monoisotopic (exact) mass is 222 g/mol. The van der Waals surface area contributed by atoms with E-state index in [0.29, 0.717) is 12.3 Å². The van der Waals surface area contributed by atoms with Crippen LogP contribution in [0.3, 0.4) is 0 Å². The van der Waals surface area contributed by atoms with Crippen LogP contribution < -0.4 is 0 Å². The molecule has 0 heterocycles. The Kier molecular flexibility index (Phi) is 5.91. The van der Waals surface area contributed by atoms with E-state index >= 15 is 0 Å². The molecule has 1 aliphatic carbocycles. The molecular weight excluding hydrogens is 200 g/mol. The molecule has 16 heavy (non-hydrogen) atoms. The number of allylic oxidation sites excluding steroid dienone is 3. The van der Waals surface area contributed by atoms with E-state index in [1.165, 1.54) is 26.4 Å². The van der Waals surface area contributed by atoms with E-state index in [2.05, 4.69) is 29.9 Å². The maximum Gasteiger partial charge on any atom is 0.309 e. The first-order valence-electron chi connectivity index (χ1n) is 6.16. The zero-order chi connectivity index (χ0) is 11.8. The Hall–Kier alpha value is -1.05. The van der Waals surface area contributed by atoms with Gasteiger partial charge in [0.25, 0.3) is 0 Å². The first-order valence-corrected chi connectivity index (χ1v) is 6.16. The standard InChI is InChI=1S/C14H22O2/c1-3-4-6-12-9-10-13(11-12)7-5-8-14(15)16-2/h4-7,12-13H,3,8-11H2,1-2H3/b6-4+,7-5+. The highest BCUT2D eigenvalue weighted by Gasteiger charge is 2.20. The van der Waals surface area contributed by atoms with E-state index < -0.39 is 0 Å². The fourth-order valence-electron chi connectivity index (χ4n) is 2.17. The third-order valence-corrected chi connectivity index (χ3v) is 3.08. The van der Waals surface area contributed by atoms with Crippen LogP contribution in [0.5, 0.6) is 0 Å². The molecule has 0 N–H and O–H groups in total. The lowest BCUT2D eigenvalue weighted by molar-refractivity contribution is -0.139. The summed E-state index contributed by atoms with van der Waals surface area (Å²) in [7, 11) is 1.43. The maximum atomic E-state index is 10.9. The van der Waals surface area contributed by atoms with Crippen LogP contribution in [0, 0.1) is 11.8 Å². The van der Waals surface area contributed by atoms with Crippen molar-refractivity contribution in [3.63, 3.8) is 0 Å². The Labute approximate surface area is 98.4 Å². The topological polar surface area (TPSA) is 26.3 Å². The average Bonchev–Trinajstić information content (AvgIpc) is 2.74. The lowest BCUT2D eigenvalue weighted by Gasteiger charge is -2.02. The third kappa shape index (κ3) is 4.65. The van der Waals surface area contributed by atoms with Gasteiger partial charge in [-0.15, -0.1) is 0 Å². The second kappa shape index (κ2) is 7.26. The molecule has 0 aromatic heterocycles. The van der Waals surface area contributed by atoms with Crippen LogP contribution in [0.4, 0.5) is 0 Å². The summed E-state index contributed by atoms with van der Waals surface area (Å²) < 4.78 is 4.59. The number of ether oxygens (including phenoxy) is 1. The van der Waals surface area contributed by atoms with E-state index in [9.17, 15) is 4.79 Å². The van der Waals surface area contributed by atoms with E-state index in [-0.39, 0.29) is 5.97 Å². The van der Waals surface area contributed by atoms with Gasteiger partial charge < -0.3 is 4.74 Å². The Bertz CT molecular complexity index is 266. The summed E-state index contributed by atoms with van der Waals surface area (Å²) in [6.45, 7) is 2.17. The lowest BCUT2D eigenvalue weighted by atomic mass is 10.0. The van der Waals surface area contributed by atoms with E-state index in [1.807, 2.05) is 6.08 Å². The van der Waals surface area contributed by atoms with Gasteiger partial charge in [-0.3, -0.25) is 4.79 Å². The predicted molar refractivity (Wildman–Crippen MR) is 66.0 cm³/mol. The molecular formula is C14H22O2. The highest BCUT2D eigenvalue weighted by molar-refractivity contribution is 5.70. The molecule has 0 aliphatic heterocycles. The zero-order valence-corrected chi connectivity index (χ0v) is 10.3. The Morgan fingerprint density at radius 1 is 1.25 bits per heavy atom. The first kappa shape index (κ1) is 13.0. The highest BCUT2D eigenvalue weighted by Crippen LogP contribution is 2.32. The number of rotatable bonds is 5. The van der Waals surface area contributed by atoms with Gasteiger partial charge in [-0.25, -0.2) is 0 Å². The van der Waals surface area contributed by atoms with Gasteiger partial charge in [-0.05, 0) is 37.5 Å². The van der Waals surface area contributed by atoms with Crippen LogP contribution >= 0.6 is 0 Å². The Morgan fingerprint density at radius 3 is 2.44 bits per heavy atom. The normalized spacial score (nSPS) is 25.6. The summed E-state index contributed by atoms with van der Waals surface area (Å²) in [4.78, 5) is 10.9. The molecule has 2 unspecified atom stereocenters. The number of hydrogen-bond acceptors (Lipinski definition) is 2. The molecule has 1 fully saturated rings. The van der Waals surface area contributed by atoms with Gasteiger partial charge in [-0.2, -0.15) is 0 Å². The molecule has 0 amide bonds. The van der Waals surface area contributed by atoms with Crippen LogP contribution in [0.15, 0.2) is 24.3 Å². The van der Waals surface area contributed by atoms with Gasteiger partial charge in [-0.1, -0.05) is 31.2 Å². The lowest BCUT2D eigenvalue weighted by Crippen LogP contribution is -1.97. The van der Waals surface area contributed by atoms with Crippen LogP contribution in [-0.2, 0) is 9.53 Å². The van der Waals surface area contributed by atoms with Gasteiger partial charge in [0, 0.05) is 0 Å². The van der Waals surface area contributed by atoms with Crippen molar-refractivity contribution in [2.75, 3.05) is 7.11 Å². The van der Waals surface area contributed by atoms with Crippen LogP contribution in [0.1, 0.15) is 39.0 Å². The third-order valence-electron chi connectivity index (χ3n) is 3.08. The van der Waals surface area contributed by atoms with Gasteiger partial charge in [0.05, 0.1) is 13.5 Å². The molecule has 2 atom stereocenters. The summed E-state index contributed by atoms with van der Waals surface area (Å²) in [6, 6.07) is 0. The van der Waals surface area contributed by atoms with Gasteiger partial charge >= 0.3 is 5.97 Å². The Morgan fingerprint density at radius 2 is 1.88 bits per heavy atom. The second-order valence-electron chi connectivity index (χ2n) is 4.38. The van der Waals surface area contributed by atoms with Crippen LogP contribution in [0.25, 0.3) is 0 Å². The van der Waals surface area contributed by atoms with E-state index in [4.69, 9.17) is 0 Å². The van der Waals surface area contributed by atoms with Gasteiger partial charge in [0.1, 0.15) is 0 Å². The zero-order valence-electron chi connectivity index (χ0n) is 10.3. The molecule has 2 nitrogen and oxygen atoms in total. The van der Waals surface area contributed by atoms with Gasteiger partial charge in [0.2, 0.25) is 0 Å². The van der Waals surface area contributed by atoms with Crippen molar-refractivity contribution in [2.24, 2.45) is 11.8 Å². The number of carbonyl (C=O) groups is 1. The number of hydrogen-bond donors (Lipinski definition) is 0. The fraction of sp³-hybridized carbons (Fsp3) is 0.643. The van der Waals surface area contributed by atoms with Crippen LogP contribution in [-0.4, -0.2) is 13.1 Å². The van der Waals surface area contributed by atoms with Crippen molar-refractivity contribution in [1.82, 2.24) is 0 Å². The molecule has 1 aliphatic rings. The van der Waals surface area contributed by atoms with Crippen molar-refractivity contribution in [3.8, 4) is 0 Å². The van der Waals surface area contributed by atoms with Crippen molar-refractivity contribution in [3.05, 3.63) is 24.3 Å². The molecule has 0 radical (unpaired) electrons. The van der Waals surface area contributed by atoms with Crippen molar-refractivity contribution < 1.29 is 9.53 Å². The summed E-state index contributed by atoms with van der Waals surface area (Å²) in [5.41, 5.74) is 0. The summed E-state index contributed by atoms with van der Waals surface area (Å²) in [6.07, 6.45) is 14.0. The molecule has 1 rings (SSSR count). The van der Waals surface area contributed by atoms with Crippen molar-refractivity contribution >= 4 is 5.97 Å². The fourth-order valence-corrected chi connectivity index (χ4v) is 2.17. The molecule has 0 aromatic carbocycles. The summed E-state index contributed by atoms with van der Waals surface area (Å²) in [5.74, 6) is 1.24. The largest absolute Gasteiger partial charge is 0.469 e. The highest BCUT2D eigenvalue weighted by atomic mass is 16.5. The molecule has 0 saturated heterocycles. The van der Waals surface area contributed by atoms with Gasteiger partial charge in [0.15, 0.2) is 0 Å². The van der Waals surface area contributed by atoms with E-state index in [0.717, 1.165) is 12.3 Å². The molecule has 90 valence electrons. The smallest absolute Gasteiger partial charge is 0.309 e. The maximum absolute atomic E-state index is 10.9. The number of carbonyl (C=O) groups excluding carboxylic acids is 1. The van der Waals surface area contributed by atoms with Crippen molar-refractivity contribution in [2.45, 2.75) is 39.0 Å². The predicted octanol–water partition coefficient (Wildman–Crippen LogP) is 3.49. The molecule has 1 saturated carbocycles. The first-order chi connectivity index (χ1) is 7.76. The number of esters is 1. The summed E-state index contributed by atoms with van der Waals surface area (Å²) in [5, 5.41) is 0. The van der Waals surface area contributed by atoms with Crippen molar-refractivity contribution in [1.29, 1.82) is 0 Å². The molecule has 0 spiro atoms. The minimum absolute atomic E-state index is 0.156. The quantitative estimate of drug-likeness (QED) is 0.526. The molecule has 0 aromatic rings.